The summed E-state index contributed by atoms with van der Waals surface area (Å²) in [6.07, 6.45) is 70.0. The Balaban J connectivity index is 4.33. The van der Waals surface area contributed by atoms with E-state index in [4.69, 9.17) is 14.2 Å². The SMILES string of the molecule is CC/C=C\C/C=C\C/C=C\CCCCCCCCCCCC(=O)OCC(COC(=O)CCCCCC/C=C\CCCC)OC(=O)CCCCCCCCCCC/C=C\C/C=C\C/C=C\CC. The van der Waals surface area contributed by atoms with E-state index in [-0.39, 0.29) is 31.1 Å². The predicted octanol–water partition coefficient (Wildman–Crippen LogP) is 18.4. The Bertz CT molecular complexity index is 1290. The third kappa shape index (κ3) is 51.6. The summed E-state index contributed by atoms with van der Waals surface area (Å²) < 4.78 is 16.8. The fraction of sp³-hybridized carbons (Fsp3) is 0.717. The van der Waals surface area contributed by atoms with Crippen molar-refractivity contribution in [1.82, 2.24) is 0 Å². The van der Waals surface area contributed by atoms with E-state index in [1.54, 1.807) is 0 Å². The minimum absolute atomic E-state index is 0.0851. The van der Waals surface area contributed by atoms with Gasteiger partial charge < -0.3 is 14.2 Å². The summed E-state index contributed by atoms with van der Waals surface area (Å²) in [4.78, 5) is 38.0. The molecule has 0 amide bonds. The van der Waals surface area contributed by atoms with E-state index >= 15 is 0 Å². The van der Waals surface area contributed by atoms with Crippen LogP contribution in [0.2, 0.25) is 0 Å². The number of hydrogen-bond donors (Lipinski definition) is 0. The molecule has 0 aromatic carbocycles. The monoisotopic (exact) mass is 919 g/mol. The molecular weight excluding hydrogens is 817 g/mol. The highest BCUT2D eigenvalue weighted by atomic mass is 16.6. The Morgan fingerprint density at radius 2 is 0.591 bits per heavy atom. The first-order valence-corrected chi connectivity index (χ1v) is 27.6. The molecule has 0 saturated carbocycles. The van der Waals surface area contributed by atoms with Crippen LogP contribution < -0.4 is 0 Å². The molecule has 0 aliphatic heterocycles. The summed E-state index contributed by atoms with van der Waals surface area (Å²) in [6.45, 7) is 6.36. The molecule has 0 radical (unpaired) electrons. The van der Waals surface area contributed by atoms with Gasteiger partial charge in [-0.25, -0.2) is 0 Å². The van der Waals surface area contributed by atoms with Gasteiger partial charge in [0.2, 0.25) is 0 Å². The zero-order valence-electron chi connectivity index (χ0n) is 43.2. The fourth-order valence-corrected chi connectivity index (χ4v) is 7.51. The van der Waals surface area contributed by atoms with Crippen LogP contribution in [0.5, 0.6) is 0 Å². The van der Waals surface area contributed by atoms with Gasteiger partial charge in [-0.1, -0.05) is 221 Å². The summed E-state index contributed by atoms with van der Waals surface area (Å²) in [7, 11) is 0. The van der Waals surface area contributed by atoms with Crippen LogP contribution in [-0.4, -0.2) is 37.2 Å². The molecule has 0 aliphatic rings. The van der Waals surface area contributed by atoms with Crippen molar-refractivity contribution < 1.29 is 28.6 Å². The van der Waals surface area contributed by atoms with Crippen LogP contribution in [0.1, 0.15) is 258 Å². The first kappa shape index (κ1) is 62.6. The molecule has 0 N–H and O–H groups in total. The van der Waals surface area contributed by atoms with E-state index in [2.05, 4.69) is 106 Å². The van der Waals surface area contributed by atoms with Crippen molar-refractivity contribution in [2.45, 2.75) is 264 Å². The van der Waals surface area contributed by atoms with Gasteiger partial charge in [0.15, 0.2) is 6.10 Å². The summed E-state index contributed by atoms with van der Waals surface area (Å²) in [5.74, 6) is -0.907. The molecule has 0 rings (SSSR count). The second-order valence-corrected chi connectivity index (χ2v) is 18.1. The average Bonchev–Trinajstić information content (AvgIpc) is 3.31. The molecule has 6 heteroatoms. The smallest absolute Gasteiger partial charge is 0.306 e. The van der Waals surface area contributed by atoms with E-state index in [0.717, 1.165) is 116 Å². The lowest BCUT2D eigenvalue weighted by Crippen LogP contribution is -2.30. The minimum atomic E-state index is -0.786. The largest absolute Gasteiger partial charge is 0.462 e. The number of ether oxygens (including phenoxy) is 3. The lowest BCUT2D eigenvalue weighted by molar-refractivity contribution is -0.167. The van der Waals surface area contributed by atoms with Crippen LogP contribution in [0.15, 0.2) is 85.1 Å². The molecule has 0 aromatic rings. The van der Waals surface area contributed by atoms with Crippen molar-refractivity contribution in [2.75, 3.05) is 13.2 Å². The van der Waals surface area contributed by atoms with Crippen molar-refractivity contribution in [3.05, 3.63) is 85.1 Å². The molecule has 0 saturated heterocycles. The Hall–Kier alpha value is -3.41. The Morgan fingerprint density at radius 1 is 0.318 bits per heavy atom. The second-order valence-electron chi connectivity index (χ2n) is 18.1. The van der Waals surface area contributed by atoms with Crippen LogP contribution in [0.25, 0.3) is 0 Å². The predicted molar refractivity (Wildman–Crippen MR) is 284 cm³/mol. The number of carbonyl (C=O) groups is 3. The van der Waals surface area contributed by atoms with Gasteiger partial charge in [0.05, 0.1) is 0 Å². The first-order chi connectivity index (χ1) is 32.5. The van der Waals surface area contributed by atoms with Gasteiger partial charge in [0, 0.05) is 19.3 Å². The molecule has 378 valence electrons. The standard InChI is InChI=1S/C60H102O6/c1-4-7-10-13-16-19-22-24-26-28-30-32-34-36-38-41-44-47-50-53-59(62)65-56-57(55-64-58(61)52-49-46-43-40-21-18-15-12-9-6-3)66-60(63)54-51-48-45-42-39-37-35-33-31-29-27-25-23-20-17-14-11-8-5-2/h7-8,10-11,15-20,24-27,57H,4-6,9,12-14,21-23,28-56H2,1-3H3/b10-7-,11-8-,18-15-,19-16-,20-17-,26-24-,27-25-. The van der Waals surface area contributed by atoms with E-state index in [1.807, 2.05) is 0 Å². The maximum Gasteiger partial charge on any atom is 0.306 e. The molecule has 0 spiro atoms. The lowest BCUT2D eigenvalue weighted by Gasteiger charge is -2.18. The summed E-state index contributed by atoms with van der Waals surface area (Å²) in [5.41, 5.74) is 0. The fourth-order valence-electron chi connectivity index (χ4n) is 7.51. The Labute approximate surface area is 407 Å². The van der Waals surface area contributed by atoms with Gasteiger partial charge in [-0.3, -0.25) is 14.4 Å². The molecule has 1 unspecified atom stereocenters. The zero-order chi connectivity index (χ0) is 47.9. The molecule has 66 heavy (non-hydrogen) atoms. The first-order valence-electron chi connectivity index (χ1n) is 27.6. The van der Waals surface area contributed by atoms with Gasteiger partial charge in [0.1, 0.15) is 13.2 Å². The van der Waals surface area contributed by atoms with Crippen molar-refractivity contribution >= 4 is 17.9 Å². The summed E-state index contributed by atoms with van der Waals surface area (Å²) in [6, 6.07) is 0. The molecule has 0 fully saturated rings. The van der Waals surface area contributed by atoms with Crippen molar-refractivity contribution in [3.63, 3.8) is 0 Å². The highest BCUT2D eigenvalue weighted by molar-refractivity contribution is 5.71. The van der Waals surface area contributed by atoms with Gasteiger partial charge in [-0.2, -0.15) is 0 Å². The summed E-state index contributed by atoms with van der Waals surface area (Å²) >= 11 is 0. The Morgan fingerprint density at radius 3 is 0.939 bits per heavy atom. The van der Waals surface area contributed by atoms with Gasteiger partial charge >= 0.3 is 17.9 Å². The van der Waals surface area contributed by atoms with Crippen molar-refractivity contribution in [3.8, 4) is 0 Å². The van der Waals surface area contributed by atoms with E-state index in [0.29, 0.717) is 19.3 Å². The maximum absolute atomic E-state index is 12.8. The molecule has 0 aliphatic carbocycles. The van der Waals surface area contributed by atoms with Crippen LogP contribution >= 0.6 is 0 Å². The zero-order valence-corrected chi connectivity index (χ0v) is 43.2. The molecule has 0 aromatic heterocycles. The molecule has 0 heterocycles. The number of esters is 3. The van der Waals surface area contributed by atoms with Gasteiger partial charge in [-0.15, -0.1) is 0 Å². The quantitative estimate of drug-likeness (QED) is 0.0262. The Kier molecular flexibility index (Phi) is 51.4. The minimum Gasteiger partial charge on any atom is -0.462 e. The van der Waals surface area contributed by atoms with Gasteiger partial charge in [0.25, 0.3) is 0 Å². The molecule has 0 bridgehead atoms. The average molecular weight is 919 g/mol. The number of hydrogen-bond acceptors (Lipinski definition) is 6. The number of allylic oxidation sites excluding steroid dienone is 14. The van der Waals surface area contributed by atoms with E-state index < -0.39 is 6.10 Å². The number of carbonyl (C=O) groups excluding carboxylic acids is 3. The lowest BCUT2D eigenvalue weighted by atomic mass is 10.1. The highest BCUT2D eigenvalue weighted by Crippen LogP contribution is 2.15. The maximum atomic E-state index is 12.8. The van der Waals surface area contributed by atoms with Crippen LogP contribution in [0.3, 0.4) is 0 Å². The third-order valence-corrected chi connectivity index (χ3v) is 11.6. The topological polar surface area (TPSA) is 78.9 Å². The van der Waals surface area contributed by atoms with Crippen molar-refractivity contribution in [1.29, 1.82) is 0 Å². The van der Waals surface area contributed by atoms with Crippen LogP contribution in [-0.2, 0) is 28.6 Å². The molecule has 6 nitrogen and oxygen atoms in total. The van der Waals surface area contributed by atoms with Crippen LogP contribution in [0, 0.1) is 0 Å². The van der Waals surface area contributed by atoms with Gasteiger partial charge in [-0.05, 0) is 103 Å². The number of rotatable bonds is 49. The van der Waals surface area contributed by atoms with Crippen LogP contribution in [0.4, 0.5) is 0 Å². The molecular formula is C60H102O6. The van der Waals surface area contributed by atoms with E-state index in [9.17, 15) is 14.4 Å². The third-order valence-electron chi connectivity index (χ3n) is 11.6. The second kappa shape index (κ2) is 54.2. The highest BCUT2D eigenvalue weighted by Gasteiger charge is 2.19. The van der Waals surface area contributed by atoms with Crippen molar-refractivity contribution in [2.24, 2.45) is 0 Å². The molecule has 1 atom stereocenters. The number of unbranched alkanes of at least 4 members (excludes halogenated alkanes) is 24. The van der Waals surface area contributed by atoms with E-state index in [1.165, 1.54) is 103 Å². The normalized spacial score (nSPS) is 12.7. The summed E-state index contributed by atoms with van der Waals surface area (Å²) in [5, 5.41) is 0.